The van der Waals surface area contributed by atoms with Crippen LogP contribution in [-0.2, 0) is 0 Å². The molecule has 0 saturated heterocycles. The van der Waals surface area contributed by atoms with Gasteiger partial charge in [-0.05, 0) is 54.6 Å². The molecule has 0 saturated carbocycles. The number of carbonyl (C=O) groups is 1. The Hall–Kier alpha value is -3.85. The summed E-state index contributed by atoms with van der Waals surface area (Å²) in [5, 5.41) is 14.8. The van der Waals surface area contributed by atoms with Gasteiger partial charge >= 0.3 is 0 Å². The zero-order valence-electron chi connectivity index (χ0n) is 14.1. The van der Waals surface area contributed by atoms with E-state index in [2.05, 4.69) is 15.6 Å². The molecule has 0 atom stereocenters. The minimum Gasteiger partial charge on any atom is -0.497 e. The van der Waals surface area contributed by atoms with Crippen LogP contribution in [0.15, 0.2) is 66.9 Å². The van der Waals surface area contributed by atoms with Crippen LogP contribution in [0.2, 0.25) is 0 Å². The lowest BCUT2D eigenvalue weighted by molar-refractivity contribution is 0.102. The molecule has 0 aliphatic carbocycles. The van der Waals surface area contributed by atoms with Crippen molar-refractivity contribution in [2.45, 2.75) is 0 Å². The predicted octanol–water partition coefficient (Wildman–Crippen LogP) is 3.96. The lowest BCUT2D eigenvalue weighted by atomic mass is 10.2. The number of amides is 1. The average Bonchev–Trinajstić information content (AvgIpc) is 2.69. The number of nitrogens with zero attached hydrogens (tertiary/aromatic N) is 2. The number of anilines is 3. The summed E-state index contributed by atoms with van der Waals surface area (Å²) in [6, 6.07) is 19.6. The summed E-state index contributed by atoms with van der Waals surface area (Å²) in [6.45, 7) is 0. The highest BCUT2D eigenvalue weighted by Gasteiger charge is 2.08. The lowest BCUT2D eigenvalue weighted by Crippen LogP contribution is -2.13. The zero-order chi connectivity index (χ0) is 18.4. The van der Waals surface area contributed by atoms with Crippen LogP contribution in [0.5, 0.6) is 5.75 Å². The van der Waals surface area contributed by atoms with Crippen molar-refractivity contribution >= 4 is 23.0 Å². The monoisotopic (exact) mass is 344 g/mol. The number of carbonyl (C=O) groups excluding carboxylic acids is 1. The molecular formula is C20H16N4O2. The fraction of sp³-hybridized carbons (Fsp3) is 0.0500. The molecule has 0 radical (unpaired) electrons. The minimum absolute atomic E-state index is 0.285. The number of aromatic nitrogens is 1. The van der Waals surface area contributed by atoms with Gasteiger partial charge in [-0.15, -0.1) is 0 Å². The highest BCUT2D eigenvalue weighted by atomic mass is 16.5. The number of nitrogens with one attached hydrogen (secondary N) is 2. The van der Waals surface area contributed by atoms with Crippen LogP contribution in [0.4, 0.5) is 17.1 Å². The Bertz CT molecular complexity index is 945. The van der Waals surface area contributed by atoms with Gasteiger partial charge in [0.2, 0.25) is 0 Å². The summed E-state index contributed by atoms with van der Waals surface area (Å²) in [6.07, 6.45) is 1.59. The van der Waals surface area contributed by atoms with Gasteiger partial charge in [0.15, 0.2) is 0 Å². The number of methoxy groups -OCH3 is 1. The van der Waals surface area contributed by atoms with Gasteiger partial charge < -0.3 is 15.4 Å². The van der Waals surface area contributed by atoms with Crippen molar-refractivity contribution in [2.75, 3.05) is 17.7 Å². The topological polar surface area (TPSA) is 87.0 Å². The Morgan fingerprint density at radius 2 is 1.81 bits per heavy atom. The molecule has 1 aromatic heterocycles. The van der Waals surface area contributed by atoms with Crippen LogP contribution >= 0.6 is 0 Å². The summed E-state index contributed by atoms with van der Waals surface area (Å²) in [4.78, 5) is 16.4. The van der Waals surface area contributed by atoms with Crippen LogP contribution in [0.1, 0.15) is 16.1 Å². The number of ether oxygens (including phenoxy) is 1. The van der Waals surface area contributed by atoms with Gasteiger partial charge in [-0.1, -0.05) is 6.07 Å². The van der Waals surface area contributed by atoms with E-state index in [-0.39, 0.29) is 11.6 Å². The maximum Gasteiger partial charge on any atom is 0.274 e. The molecule has 1 amide bonds. The molecule has 1 heterocycles. The largest absolute Gasteiger partial charge is 0.497 e. The van der Waals surface area contributed by atoms with Crippen molar-refractivity contribution in [1.29, 1.82) is 5.26 Å². The minimum atomic E-state index is -0.337. The van der Waals surface area contributed by atoms with Crippen LogP contribution in [-0.4, -0.2) is 18.0 Å². The van der Waals surface area contributed by atoms with Crippen molar-refractivity contribution < 1.29 is 9.53 Å². The third-order valence-electron chi connectivity index (χ3n) is 3.62. The molecule has 26 heavy (non-hydrogen) atoms. The average molecular weight is 344 g/mol. The second-order valence-electron chi connectivity index (χ2n) is 5.43. The molecule has 0 bridgehead atoms. The summed E-state index contributed by atoms with van der Waals surface area (Å²) >= 11 is 0. The SMILES string of the molecule is COc1ccc(Nc2ccc(C(=O)Nc3cccc(C#N)c3)nc2)cc1. The Kier molecular flexibility index (Phi) is 5.11. The first kappa shape index (κ1) is 17.0. The van der Waals surface area contributed by atoms with Crippen LogP contribution in [0.3, 0.4) is 0 Å². The first-order valence-electron chi connectivity index (χ1n) is 7.86. The number of benzene rings is 2. The number of rotatable bonds is 5. The molecule has 0 spiro atoms. The molecule has 128 valence electrons. The number of hydrogen-bond donors (Lipinski definition) is 2. The maximum absolute atomic E-state index is 12.3. The second kappa shape index (κ2) is 7.81. The van der Waals surface area contributed by atoms with E-state index in [4.69, 9.17) is 10.00 Å². The van der Waals surface area contributed by atoms with Crippen molar-refractivity contribution in [1.82, 2.24) is 4.98 Å². The summed E-state index contributed by atoms with van der Waals surface area (Å²) in [5.74, 6) is 0.442. The van der Waals surface area contributed by atoms with E-state index < -0.39 is 0 Å². The number of hydrogen-bond acceptors (Lipinski definition) is 5. The first-order valence-corrected chi connectivity index (χ1v) is 7.86. The smallest absolute Gasteiger partial charge is 0.274 e. The summed E-state index contributed by atoms with van der Waals surface area (Å²) in [5.41, 5.74) is 2.97. The lowest BCUT2D eigenvalue weighted by Gasteiger charge is -2.08. The molecule has 3 aromatic rings. The molecule has 3 rings (SSSR count). The van der Waals surface area contributed by atoms with E-state index in [0.29, 0.717) is 11.3 Å². The van der Waals surface area contributed by atoms with Gasteiger partial charge in [0.1, 0.15) is 11.4 Å². The highest BCUT2D eigenvalue weighted by Crippen LogP contribution is 2.19. The van der Waals surface area contributed by atoms with E-state index in [1.54, 1.807) is 49.7 Å². The van der Waals surface area contributed by atoms with E-state index in [1.165, 1.54) is 0 Å². The van der Waals surface area contributed by atoms with Crippen molar-refractivity contribution in [3.8, 4) is 11.8 Å². The van der Waals surface area contributed by atoms with Crippen LogP contribution in [0, 0.1) is 11.3 Å². The first-order chi connectivity index (χ1) is 12.7. The molecule has 6 nitrogen and oxygen atoms in total. The maximum atomic E-state index is 12.3. The van der Waals surface area contributed by atoms with E-state index >= 15 is 0 Å². The molecular weight excluding hydrogens is 328 g/mol. The summed E-state index contributed by atoms with van der Waals surface area (Å²) < 4.78 is 5.12. The Balaban J connectivity index is 1.66. The van der Waals surface area contributed by atoms with Gasteiger partial charge in [-0.3, -0.25) is 4.79 Å². The van der Waals surface area contributed by atoms with Gasteiger partial charge in [-0.25, -0.2) is 4.98 Å². The molecule has 2 N–H and O–H groups in total. The zero-order valence-corrected chi connectivity index (χ0v) is 14.1. The van der Waals surface area contributed by atoms with Crippen molar-refractivity contribution in [3.05, 3.63) is 78.1 Å². The van der Waals surface area contributed by atoms with Crippen molar-refractivity contribution in [3.63, 3.8) is 0 Å². The molecule has 6 heteroatoms. The second-order valence-corrected chi connectivity index (χ2v) is 5.43. The fourth-order valence-corrected chi connectivity index (χ4v) is 2.30. The van der Waals surface area contributed by atoms with Crippen LogP contribution in [0.25, 0.3) is 0 Å². The molecule has 2 aromatic carbocycles. The third kappa shape index (κ3) is 4.16. The standard InChI is InChI=1S/C20H16N4O2/c1-26-18-8-5-15(6-9-18)23-17-7-10-19(22-13-17)20(25)24-16-4-2-3-14(11-16)12-21/h2-11,13,23H,1H3,(H,24,25). The molecule has 0 aliphatic rings. The van der Waals surface area contributed by atoms with E-state index in [1.807, 2.05) is 30.3 Å². The summed E-state index contributed by atoms with van der Waals surface area (Å²) in [7, 11) is 1.62. The Labute approximate surface area is 151 Å². The fourth-order valence-electron chi connectivity index (χ4n) is 2.30. The molecule has 0 unspecified atom stereocenters. The van der Waals surface area contributed by atoms with Gasteiger partial charge in [-0.2, -0.15) is 5.26 Å². The molecule has 0 aliphatic heterocycles. The van der Waals surface area contributed by atoms with Crippen molar-refractivity contribution in [2.24, 2.45) is 0 Å². The normalized spacial score (nSPS) is 9.85. The Morgan fingerprint density at radius 3 is 2.46 bits per heavy atom. The van der Waals surface area contributed by atoms with Gasteiger partial charge in [0.05, 0.1) is 30.6 Å². The quantitative estimate of drug-likeness (QED) is 0.731. The molecule has 0 fully saturated rings. The van der Waals surface area contributed by atoms with E-state index in [9.17, 15) is 4.79 Å². The van der Waals surface area contributed by atoms with Crippen LogP contribution < -0.4 is 15.4 Å². The van der Waals surface area contributed by atoms with Gasteiger partial charge in [0, 0.05) is 11.4 Å². The Morgan fingerprint density at radius 1 is 1.04 bits per heavy atom. The highest BCUT2D eigenvalue weighted by molar-refractivity contribution is 6.03. The number of pyridine rings is 1. The van der Waals surface area contributed by atoms with E-state index in [0.717, 1.165) is 17.1 Å². The third-order valence-corrected chi connectivity index (χ3v) is 3.62. The number of nitriles is 1. The predicted molar refractivity (Wildman–Crippen MR) is 99.6 cm³/mol. The van der Waals surface area contributed by atoms with Gasteiger partial charge in [0.25, 0.3) is 5.91 Å².